The Morgan fingerprint density at radius 3 is 2.37 bits per heavy atom. The van der Waals surface area contributed by atoms with Crippen LogP contribution < -0.4 is 5.32 Å². The van der Waals surface area contributed by atoms with Crippen molar-refractivity contribution in [1.29, 1.82) is 0 Å². The van der Waals surface area contributed by atoms with Crippen LogP contribution in [-0.4, -0.2) is 58.7 Å². The molecule has 27 heavy (non-hydrogen) atoms. The number of imide groups is 2. The number of rotatable bonds is 7. The van der Waals surface area contributed by atoms with Crippen molar-refractivity contribution < 1.29 is 28.7 Å². The molecule has 0 bridgehead atoms. The topological polar surface area (TPSA) is 113 Å². The van der Waals surface area contributed by atoms with Crippen LogP contribution in [0.3, 0.4) is 0 Å². The lowest BCUT2D eigenvalue weighted by Gasteiger charge is -2.18. The van der Waals surface area contributed by atoms with Crippen LogP contribution in [-0.2, 0) is 25.5 Å². The van der Waals surface area contributed by atoms with Gasteiger partial charge < -0.3 is 10.1 Å². The second kappa shape index (κ2) is 8.30. The highest BCUT2D eigenvalue weighted by atomic mass is 32.1. The van der Waals surface area contributed by atoms with E-state index in [4.69, 9.17) is 4.74 Å². The van der Waals surface area contributed by atoms with Crippen molar-refractivity contribution in [2.75, 3.05) is 18.5 Å². The molecular formula is C17H21N3O6S. The Balaban J connectivity index is 2.15. The molecule has 146 valence electrons. The standard InChI is InChI=1S/C17H21N3O6S/c1-5-10-7-11(16(24)26-6-2)13(27-10)18-12(21)8-19-14(22)15(23)20(9(3)4)17(19)25/h7,9H,5-6,8H2,1-4H3,(H,18,21). The second-order valence-electron chi connectivity index (χ2n) is 6.02. The van der Waals surface area contributed by atoms with E-state index in [2.05, 4.69) is 5.32 Å². The highest BCUT2D eigenvalue weighted by Gasteiger charge is 2.46. The minimum Gasteiger partial charge on any atom is -0.462 e. The minimum atomic E-state index is -1.05. The first-order valence-electron chi connectivity index (χ1n) is 8.49. The van der Waals surface area contributed by atoms with Crippen molar-refractivity contribution in [2.24, 2.45) is 0 Å². The maximum atomic E-state index is 12.3. The van der Waals surface area contributed by atoms with E-state index in [9.17, 15) is 24.0 Å². The normalized spacial score (nSPS) is 14.3. The fraction of sp³-hybridized carbons (Fsp3) is 0.471. The lowest BCUT2D eigenvalue weighted by atomic mass is 10.2. The largest absolute Gasteiger partial charge is 0.462 e. The van der Waals surface area contributed by atoms with Crippen LogP contribution in [0.1, 0.15) is 42.9 Å². The fourth-order valence-corrected chi connectivity index (χ4v) is 3.50. The number of hydrogen-bond acceptors (Lipinski definition) is 7. The predicted octanol–water partition coefficient (Wildman–Crippen LogP) is 1.62. The minimum absolute atomic E-state index is 0.188. The summed E-state index contributed by atoms with van der Waals surface area (Å²) in [5.74, 6) is -3.27. The van der Waals surface area contributed by atoms with Gasteiger partial charge in [-0.05, 0) is 33.3 Å². The number of aryl methyl sites for hydroxylation is 1. The molecule has 0 radical (unpaired) electrons. The van der Waals surface area contributed by atoms with Gasteiger partial charge in [-0.15, -0.1) is 11.3 Å². The molecule has 0 unspecified atom stereocenters. The average Bonchev–Trinajstić information content (AvgIpc) is 3.09. The predicted molar refractivity (Wildman–Crippen MR) is 97.4 cm³/mol. The van der Waals surface area contributed by atoms with Crippen LogP contribution in [0.2, 0.25) is 0 Å². The van der Waals surface area contributed by atoms with Crippen LogP contribution in [0.15, 0.2) is 6.07 Å². The fourth-order valence-electron chi connectivity index (χ4n) is 2.50. The third kappa shape index (κ3) is 4.16. The van der Waals surface area contributed by atoms with Gasteiger partial charge in [0.2, 0.25) is 5.91 Å². The molecule has 9 nitrogen and oxygen atoms in total. The number of carbonyl (C=O) groups is 5. The van der Waals surface area contributed by atoms with Crippen molar-refractivity contribution in [3.8, 4) is 0 Å². The first-order valence-corrected chi connectivity index (χ1v) is 9.31. The van der Waals surface area contributed by atoms with Crippen LogP contribution >= 0.6 is 11.3 Å². The molecule has 1 aromatic rings. The molecule has 2 rings (SSSR count). The molecule has 0 spiro atoms. The Morgan fingerprint density at radius 1 is 1.19 bits per heavy atom. The van der Waals surface area contributed by atoms with E-state index >= 15 is 0 Å². The molecule has 10 heteroatoms. The van der Waals surface area contributed by atoms with Gasteiger partial charge >= 0.3 is 23.8 Å². The van der Waals surface area contributed by atoms with Crippen LogP contribution in [0.25, 0.3) is 0 Å². The monoisotopic (exact) mass is 395 g/mol. The number of thiophene rings is 1. The number of hydrogen-bond donors (Lipinski definition) is 1. The average molecular weight is 395 g/mol. The second-order valence-corrected chi connectivity index (χ2v) is 7.16. The Hall–Kier alpha value is -2.75. The molecule has 1 aliphatic heterocycles. The SMILES string of the molecule is CCOC(=O)c1cc(CC)sc1NC(=O)CN1C(=O)C(=O)N(C(C)C)C1=O. The number of nitrogens with one attached hydrogen (secondary N) is 1. The lowest BCUT2D eigenvalue weighted by Crippen LogP contribution is -2.40. The van der Waals surface area contributed by atoms with Gasteiger partial charge in [0.15, 0.2) is 0 Å². The Kier molecular flexibility index (Phi) is 6.32. The van der Waals surface area contributed by atoms with Crippen molar-refractivity contribution in [2.45, 2.75) is 40.2 Å². The van der Waals surface area contributed by atoms with Crippen molar-refractivity contribution in [1.82, 2.24) is 9.80 Å². The zero-order valence-electron chi connectivity index (χ0n) is 15.5. The number of esters is 1. The van der Waals surface area contributed by atoms with Gasteiger partial charge in [0.05, 0.1) is 12.2 Å². The Morgan fingerprint density at radius 2 is 1.85 bits per heavy atom. The Bertz CT molecular complexity index is 801. The number of anilines is 1. The van der Waals surface area contributed by atoms with E-state index in [1.807, 2.05) is 6.92 Å². The van der Waals surface area contributed by atoms with Gasteiger partial charge in [0.25, 0.3) is 0 Å². The van der Waals surface area contributed by atoms with Crippen molar-refractivity contribution in [3.05, 3.63) is 16.5 Å². The quantitative estimate of drug-likeness (QED) is 0.426. The molecule has 1 saturated heterocycles. The van der Waals surface area contributed by atoms with Gasteiger partial charge in [-0.1, -0.05) is 6.92 Å². The third-order valence-electron chi connectivity index (χ3n) is 3.78. The molecule has 1 aromatic heterocycles. The van der Waals surface area contributed by atoms with Crippen LogP contribution in [0, 0.1) is 0 Å². The lowest BCUT2D eigenvalue weighted by molar-refractivity contribution is -0.144. The number of ether oxygens (including phenoxy) is 1. The zero-order valence-corrected chi connectivity index (χ0v) is 16.3. The summed E-state index contributed by atoms with van der Waals surface area (Å²) in [6, 6.07) is 0.303. The number of amides is 5. The smallest absolute Gasteiger partial charge is 0.341 e. The summed E-state index contributed by atoms with van der Waals surface area (Å²) < 4.78 is 4.98. The number of carbonyl (C=O) groups excluding carboxylic acids is 5. The van der Waals surface area contributed by atoms with Gasteiger partial charge in [0, 0.05) is 10.9 Å². The van der Waals surface area contributed by atoms with E-state index in [1.165, 1.54) is 11.3 Å². The molecule has 0 atom stereocenters. The van der Waals surface area contributed by atoms with Crippen molar-refractivity contribution >= 4 is 46.1 Å². The summed E-state index contributed by atoms with van der Waals surface area (Å²) in [6.45, 7) is 6.33. The Labute approximate surface area is 160 Å². The number of urea groups is 1. The van der Waals surface area contributed by atoms with Gasteiger partial charge in [-0.3, -0.25) is 19.3 Å². The highest BCUT2D eigenvalue weighted by molar-refractivity contribution is 7.16. The molecule has 0 aromatic carbocycles. The summed E-state index contributed by atoms with van der Waals surface area (Å²) in [6.07, 6.45) is 0.661. The molecule has 0 aliphatic carbocycles. The first-order chi connectivity index (χ1) is 12.7. The zero-order chi connectivity index (χ0) is 20.3. The molecule has 1 fully saturated rings. The summed E-state index contributed by atoms with van der Waals surface area (Å²) >= 11 is 1.21. The van der Waals surface area contributed by atoms with Gasteiger partial charge in [-0.25, -0.2) is 14.5 Å². The maximum absolute atomic E-state index is 12.3. The number of nitrogens with zero attached hydrogens (tertiary/aromatic N) is 2. The van der Waals surface area contributed by atoms with Crippen molar-refractivity contribution in [3.63, 3.8) is 0 Å². The van der Waals surface area contributed by atoms with E-state index in [-0.39, 0.29) is 17.2 Å². The summed E-state index contributed by atoms with van der Waals surface area (Å²) in [7, 11) is 0. The van der Waals surface area contributed by atoms with Gasteiger partial charge in [0.1, 0.15) is 11.5 Å². The van der Waals surface area contributed by atoms with Crippen LogP contribution in [0.5, 0.6) is 0 Å². The summed E-state index contributed by atoms with van der Waals surface area (Å²) in [5, 5.41) is 2.81. The molecule has 1 aliphatic rings. The van der Waals surface area contributed by atoms with E-state index in [0.717, 1.165) is 9.78 Å². The molecule has 2 heterocycles. The highest BCUT2D eigenvalue weighted by Crippen LogP contribution is 2.29. The summed E-state index contributed by atoms with van der Waals surface area (Å²) in [5.41, 5.74) is 0.214. The van der Waals surface area contributed by atoms with Gasteiger partial charge in [-0.2, -0.15) is 0 Å². The van der Waals surface area contributed by atoms with Crippen LogP contribution in [0.4, 0.5) is 9.80 Å². The van der Waals surface area contributed by atoms with E-state index < -0.39 is 42.3 Å². The van der Waals surface area contributed by atoms with E-state index in [0.29, 0.717) is 11.3 Å². The third-order valence-corrected chi connectivity index (χ3v) is 4.98. The molecular weight excluding hydrogens is 374 g/mol. The van der Waals surface area contributed by atoms with E-state index in [1.54, 1.807) is 26.8 Å². The molecule has 0 saturated carbocycles. The summed E-state index contributed by atoms with van der Waals surface area (Å²) in [4.78, 5) is 62.8. The molecule has 1 N–H and O–H groups in total. The maximum Gasteiger partial charge on any atom is 0.341 e. The first kappa shape index (κ1) is 20.6. The molecule has 5 amide bonds.